The molecule has 0 aliphatic carbocycles. The highest BCUT2D eigenvalue weighted by molar-refractivity contribution is 7.13. The lowest BCUT2D eigenvalue weighted by molar-refractivity contribution is -0.150. The van der Waals surface area contributed by atoms with Crippen LogP contribution in [-0.4, -0.2) is 17.1 Å². The number of halogens is 3. The first-order valence-corrected chi connectivity index (χ1v) is 5.09. The summed E-state index contributed by atoms with van der Waals surface area (Å²) in [6.07, 6.45) is -5.27. The lowest BCUT2D eigenvalue weighted by Gasteiger charge is -2.04. The van der Waals surface area contributed by atoms with E-state index in [9.17, 15) is 18.0 Å². The highest BCUT2D eigenvalue weighted by atomic mass is 32.1. The molecule has 1 aromatic rings. The minimum Gasteiger partial charge on any atom is -0.302 e. The Kier molecular flexibility index (Phi) is 3.67. The second-order valence-corrected chi connectivity index (χ2v) is 3.70. The van der Waals surface area contributed by atoms with Crippen molar-refractivity contribution >= 4 is 22.4 Å². The van der Waals surface area contributed by atoms with E-state index in [0.29, 0.717) is 6.42 Å². The van der Waals surface area contributed by atoms with E-state index < -0.39 is 18.5 Å². The lowest BCUT2D eigenvalue weighted by Crippen LogP contribution is -2.21. The molecule has 1 rings (SSSR count). The molecule has 0 aliphatic heterocycles. The van der Waals surface area contributed by atoms with E-state index in [1.54, 1.807) is 5.38 Å². The van der Waals surface area contributed by atoms with Gasteiger partial charge in [0.15, 0.2) is 5.13 Å². The molecule has 0 spiro atoms. The normalized spacial score (nSPS) is 11.5. The first kappa shape index (κ1) is 12.0. The Morgan fingerprint density at radius 1 is 1.60 bits per heavy atom. The van der Waals surface area contributed by atoms with E-state index >= 15 is 0 Å². The zero-order chi connectivity index (χ0) is 11.5. The van der Waals surface area contributed by atoms with E-state index in [4.69, 9.17) is 0 Å². The molecule has 7 heteroatoms. The Morgan fingerprint density at radius 2 is 2.27 bits per heavy atom. The molecule has 0 fully saturated rings. The van der Waals surface area contributed by atoms with Gasteiger partial charge in [0.25, 0.3) is 0 Å². The average molecular weight is 238 g/mol. The third-order valence-corrected chi connectivity index (χ3v) is 2.33. The number of hydrogen-bond acceptors (Lipinski definition) is 3. The van der Waals surface area contributed by atoms with Gasteiger partial charge in [0.05, 0.1) is 5.69 Å². The fraction of sp³-hybridized carbons (Fsp3) is 0.500. The van der Waals surface area contributed by atoms with Crippen LogP contribution in [0.1, 0.15) is 19.0 Å². The Morgan fingerprint density at radius 3 is 2.73 bits per heavy atom. The van der Waals surface area contributed by atoms with Gasteiger partial charge in [-0.25, -0.2) is 4.98 Å². The van der Waals surface area contributed by atoms with Crippen LogP contribution in [0.2, 0.25) is 0 Å². The van der Waals surface area contributed by atoms with Gasteiger partial charge in [-0.15, -0.1) is 11.3 Å². The van der Waals surface area contributed by atoms with Crippen molar-refractivity contribution < 1.29 is 18.0 Å². The number of anilines is 1. The molecule has 3 nitrogen and oxygen atoms in total. The van der Waals surface area contributed by atoms with Crippen molar-refractivity contribution in [2.75, 3.05) is 5.32 Å². The van der Waals surface area contributed by atoms with Crippen LogP contribution in [0.5, 0.6) is 0 Å². The van der Waals surface area contributed by atoms with Crippen molar-refractivity contribution in [3.8, 4) is 0 Å². The van der Waals surface area contributed by atoms with Crippen LogP contribution in [0.3, 0.4) is 0 Å². The third kappa shape index (κ3) is 4.28. The molecule has 0 saturated heterocycles. The van der Waals surface area contributed by atoms with E-state index in [0.717, 1.165) is 17.0 Å². The minimum atomic E-state index is -4.48. The first-order chi connectivity index (χ1) is 6.90. The number of aromatic nitrogens is 1. The molecular weight excluding hydrogens is 229 g/mol. The number of nitrogens with one attached hydrogen (secondary N) is 1. The fourth-order valence-corrected chi connectivity index (χ4v) is 1.68. The Hall–Kier alpha value is -1.11. The molecule has 0 saturated carbocycles. The quantitative estimate of drug-likeness (QED) is 0.879. The van der Waals surface area contributed by atoms with Crippen molar-refractivity contribution in [3.63, 3.8) is 0 Å². The molecule has 1 amide bonds. The van der Waals surface area contributed by atoms with E-state index in [-0.39, 0.29) is 5.13 Å². The molecule has 0 radical (unpaired) electrons. The van der Waals surface area contributed by atoms with Crippen LogP contribution in [-0.2, 0) is 11.2 Å². The number of carbonyl (C=O) groups excluding carboxylic acids is 1. The number of aryl methyl sites for hydroxylation is 1. The summed E-state index contributed by atoms with van der Waals surface area (Å²) in [7, 11) is 0. The first-order valence-electron chi connectivity index (χ1n) is 4.21. The average Bonchev–Trinajstić information content (AvgIpc) is 2.48. The Labute approximate surface area is 88.3 Å². The largest absolute Gasteiger partial charge is 0.397 e. The Bertz CT molecular complexity index is 348. The van der Waals surface area contributed by atoms with Gasteiger partial charge in [-0.3, -0.25) is 4.79 Å². The second kappa shape index (κ2) is 4.61. The van der Waals surface area contributed by atoms with Crippen molar-refractivity contribution in [2.24, 2.45) is 0 Å². The number of nitrogens with zero attached hydrogens (tertiary/aromatic N) is 1. The summed E-state index contributed by atoms with van der Waals surface area (Å²) in [5.74, 6) is -1.08. The molecular formula is C8H9F3N2OS. The Balaban J connectivity index is 2.51. The zero-order valence-electron chi connectivity index (χ0n) is 7.89. The van der Waals surface area contributed by atoms with Crippen molar-refractivity contribution in [1.82, 2.24) is 4.98 Å². The molecule has 0 atom stereocenters. The van der Waals surface area contributed by atoms with Gasteiger partial charge in [-0.05, 0) is 6.42 Å². The van der Waals surface area contributed by atoms with Crippen LogP contribution in [0.15, 0.2) is 5.38 Å². The number of rotatable bonds is 3. The van der Waals surface area contributed by atoms with Crippen LogP contribution in [0.25, 0.3) is 0 Å². The second-order valence-electron chi connectivity index (χ2n) is 2.84. The summed E-state index contributed by atoms with van der Waals surface area (Å²) in [4.78, 5) is 14.8. The van der Waals surface area contributed by atoms with E-state index in [1.165, 1.54) is 0 Å². The van der Waals surface area contributed by atoms with Crippen molar-refractivity contribution in [2.45, 2.75) is 25.9 Å². The van der Waals surface area contributed by atoms with Gasteiger partial charge in [0.2, 0.25) is 5.91 Å². The molecule has 15 heavy (non-hydrogen) atoms. The summed E-state index contributed by atoms with van der Waals surface area (Å²) in [5.41, 5.74) is 0.752. The number of hydrogen-bond donors (Lipinski definition) is 1. The number of alkyl halides is 3. The minimum absolute atomic E-state index is 0.209. The van der Waals surface area contributed by atoms with Crippen LogP contribution < -0.4 is 5.32 Å². The summed E-state index contributed by atoms with van der Waals surface area (Å²) in [5, 5.41) is 4.01. The predicted octanol–water partition coefficient (Wildman–Crippen LogP) is 2.60. The number of thiazole rings is 1. The van der Waals surface area contributed by atoms with Crippen molar-refractivity contribution in [3.05, 3.63) is 11.1 Å². The molecule has 1 heterocycles. The van der Waals surface area contributed by atoms with Gasteiger partial charge in [0, 0.05) is 5.38 Å². The maximum absolute atomic E-state index is 11.8. The van der Waals surface area contributed by atoms with Crippen LogP contribution >= 0.6 is 11.3 Å². The van der Waals surface area contributed by atoms with Gasteiger partial charge < -0.3 is 5.32 Å². The smallest absolute Gasteiger partial charge is 0.302 e. The highest BCUT2D eigenvalue weighted by Gasteiger charge is 2.31. The third-order valence-electron chi connectivity index (χ3n) is 1.52. The van der Waals surface area contributed by atoms with Crippen molar-refractivity contribution in [1.29, 1.82) is 0 Å². The molecule has 0 aliphatic rings. The van der Waals surface area contributed by atoms with Gasteiger partial charge >= 0.3 is 6.18 Å². The standard InChI is InChI=1S/C8H9F3N2OS/c1-2-5-4-15-7(12-5)13-6(14)3-8(9,10)11/h4H,2-3H2,1H3,(H,12,13,14). The number of carbonyl (C=O) groups is 1. The van der Waals surface area contributed by atoms with E-state index in [1.807, 2.05) is 6.92 Å². The van der Waals surface area contributed by atoms with Crippen LogP contribution in [0.4, 0.5) is 18.3 Å². The summed E-state index contributed by atoms with van der Waals surface area (Å²) in [6.45, 7) is 1.87. The van der Waals surface area contributed by atoms with E-state index in [2.05, 4.69) is 10.3 Å². The zero-order valence-corrected chi connectivity index (χ0v) is 8.71. The summed E-state index contributed by atoms with van der Waals surface area (Å²) < 4.78 is 35.4. The fourth-order valence-electron chi connectivity index (χ4n) is 0.872. The monoisotopic (exact) mass is 238 g/mol. The van der Waals surface area contributed by atoms with Gasteiger partial charge in [0.1, 0.15) is 6.42 Å². The summed E-state index contributed by atoms with van der Waals surface area (Å²) in [6, 6.07) is 0. The molecule has 0 unspecified atom stereocenters. The molecule has 84 valence electrons. The molecule has 0 aromatic carbocycles. The predicted molar refractivity (Wildman–Crippen MR) is 50.8 cm³/mol. The topological polar surface area (TPSA) is 42.0 Å². The van der Waals surface area contributed by atoms with Gasteiger partial charge in [-0.2, -0.15) is 13.2 Å². The molecule has 1 aromatic heterocycles. The molecule has 0 bridgehead atoms. The number of amides is 1. The van der Waals surface area contributed by atoms with Crippen LogP contribution in [0, 0.1) is 0 Å². The highest BCUT2D eigenvalue weighted by Crippen LogP contribution is 2.21. The van der Waals surface area contributed by atoms with Gasteiger partial charge in [-0.1, -0.05) is 6.92 Å². The molecule has 1 N–H and O–H groups in total. The maximum Gasteiger partial charge on any atom is 0.397 e. The lowest BCUT2D eigenvalue weighted by atomic mass is 10.4. The SMILES string of the molecule is CCc1csc(NC(=O)CC(F)(F)F)n1. The summed E-state index contributed by atoms with van der Waals surface area (Å²) >= 11 is 1.12. The maximum atomic E-state index is 11.8.